The largest absolute Gasteiger partial charge is 0.235 e. The van der Waals surface area contributed by atoms with Crippen LogP contribution in [0.3, 0.4) is 0 Å². The third kappa shape index (κ3) is 1.55. The second kappa shape index (κ2) is 2.66. The maximum absolute atomic E-state index is 10.1. The molecule has 4 nitrogen and oxygen atoms in total. The van der Waals surface area contributed by atoms with E-state index in [1.165, 1.54) is 5.01 Å². The lowest BCUT2D eigenvalue weighted by Crippen LogP contribution is -2.34. The van der Waals surface area contributed by atoms with Gasteiger partial charge in [0.2, 0.25) is 0 Å². The van der Waals surface area contributed by atoms with Gasteiger partial charge in [-0.15, -0.1) is 5.01 Å². The van der Waals surface area contributed by atoms with Crippen molar-refractivity contribution in [3.05, 3.63) is 10.1 Å². The van der Waals surface area contributed by atoms with E-state index in [1.807, 2.05) is 0 Å². The summed E-state index contributed by atoms with van der Waals surface area (Å²) >= 11 is 0. The number of hydrogen-bond donors (Lipinski definition) is 0. The number of piperidine rings is 1. The van der Waals surface area contributed by atoms with Crippen LogP contribution >= 0.6 is 0 Å². The molecule has 0 aromatic rings. The average Bonchev–Trinajstić information content (AvgIpc) is 1.90. The number of hydrogen-bond acceptors (Lipinski definition) is 2. The Bertz CT molecular complexity index is 110. The van der Waals surface area contributed by atoms with Crippen LogP contribution in [-0.2, 0) is 0 Å². The molecule has 1 fully saturated rings. The Labute approximate surface area is 53.6 Å². The minimum absolute atomic E-state index is 0.306. The first-order valence-electron chi connectivity index (χ1n) is 3.20. The van der Waals surface area contributed by atoms with Gasteiger partial charge in [-0.2, -0.15) is 0 Å². The fourth-order valence-electron chi connectivity index (χ4n) is 1.04. The smallest absolute Gasteiger partial charge is 0.160 e. The molecule has 0 saturated carbocycles. The molecule has 0 aliphatic carbocycles. The Kier molecular flexibility index (Phi) is 1.87. The van der Waals surface area contributed by atoms with Gasteiger partial charge in [-0.1, -0.05) is 0 Å². The predicted octanol–water partition coefficient (Wildman–Crippen LogP) is 0.664. The van der Waals surface area contributed by atoms with E-state index in [-0.39, 0.29) is 5.03 Å². The Balaban J connectivity index is 2.31. The van der Waals surface area contributed by atoms with Gasteiger partial charge >= 0.3 is 0 Å². The highest BCUT2D eigenvalue weighted by atomic mass is 16.7. The summed E-state index contributed by atoms with van der Waals surface area (Å²) in [6, 6.07) is 0. The van der Waals surface area contributed by atoms with Gasteiger partial charge in [0.25, 0.3) is 0 Å². The van der Waals surface area contributed by atoms with Gasteiger partial charge in [0.05, 0.1) is 13.1 Å². The zero-order valence-corrected chi connectivity index (χ0v) is 5.25. The van der Waals surface area contributed by atoms with E-state index in [1.54, 1.807) is 0 Å². The highest BCUT2D eigenvalue weighted by Gasteiger charge is 2.16. The first-order chi connectivity index (χ1) is 4.30. The summed E-state index contributed by atoms with van der Waals surface area (Å²) in [4.78, 5) is 10.1. The van der Waals surface area contributed by atoms with E-state index in [0.29, 0.717) is 13.1 Å². The molecule has 1 aliphatic rings. The van der Waals surface area contributed by atoms with Crippen LogP contribution in [0.15, 0.2) is 0 Å². The molecule has 0 N–H and O–H groups in total. The second-order valence-corrected chi connectivity index (χ2v) is 2.25. The molecule has 1 rings (SSSR count). The van der Waals surface area contributed by atoms with Crippen molar-refractivity contribution in [1.29, 1.82) is 0 Å². The quantitative estimate of drug-likeness (QED) is 0.387. The number of rotatable bonds is 1. The molecule has 0 radical (unpaired) electrons. The van der Waals surface area contributed by atoms with Gasteiger partial charge in [-0.25, -0.2) is 10.1 Å². The average molecular weight is 130 g/mol. The summed E-state index contributed by atoms with van der Waals surface area (Å²) in [6.45, 7) is 1.26. The molecule has 0 aromatic carbocycles. The normalized spacial score (nSPS) is 19.8. The molecule has 52 valence electrons. The molecular formula is C5H10N2O2. The summed E-state index contributed by atoms with van der Waals surface area (Å²) in [7, 11) is 0. The van der Waals surface area contributed by atoms with Gasteiger partial charge in [0, 0.05) is 0 Å². The van der Waals surface area contributed by atoms with Crippen molar-refractivity contribution in [3.8, 4) is 0 Å². The van der Waals surface area contributed by atoms with Crippen molar-refractivity contribution in [2.45, 2.75) is 19.3 Å². The van der Waals surface area contributed by atoms with E-state index < -0.39 is 0 Å². The van der Waals surface area contributed by atoms with Crippen LogP contribution in [0.4, 0.5) is 0 Å². The molecule has 1 aliphatic heterocycles. The predicted molar refractivity (Wildman–Crippen MR) is 32.4 cm³/mol. The molecule has 0 atom stereocenters. The maximum Gasteiger partial charge on any atom is 0.160 e. The highest BCUT2D eigenvalue weighted by molar-refractivity contribution is 4.55. The topological polar surface area (TPSA) is 46.4 Å². The van der Waals surface area contributed by atoms with Gasteiger partial charge in [-0.3, -0.25) is 0 Å². The zero-order chi connectivity index (χ0) is 6.69. The van der Waals surface area contributed by atoms with Crippen LogP contribution in [0.1, 0.15) is 19.3 Å². The van der Waals surface area contributed by atoms with Gasteiger partial charge < -0.3 is 0 Å². The monoisotopic (exact) mass is 130 g/mol. The summed E-state index contributed by atoms with van der Waals surface area (Å²) in [6.07, 6.45) is 3.09. The number of hydrazine groups is 1. The molecular weight excluding hydrogens is 120 g/mol. The van der Waals surface area contributed by atoms with Crippen LogP contribution in [0.25, 0.3) is 0 Å². The summed E-state index contributed by atoms with van der Waals surface area (Å²) in [5.41, 5.74) is 0. The lowest BCUT2D eigenvalue weighted by molar-refractivity contribution is -0.657. The summed E-state index contributed by atoms with van der Waals surface area (Å²) < 4.78 is 0. The molecule has 0 amide bonds. The first-order valence-corrected chi connectivity index (χ1v) is 3.20. The minimum Gasteiger partial charge on any atom is -0.235 e. The molecule has 0 unspecified atom stereocenters. The second-order valence-electron chi connectivity index (χ2n) is 2.25. The van der Waals surface area contributed by atoms with E-state index >= 15 is 0 Å². The zero-order valence-electron chi connectivity index (χ0n) is 5.25. The van der Waals surface area contributed by atoms with Crippen LogP contribution in [-0.4, -0.2) is 23.1 Å². The van der Waals surface area contributed by atoms with Crippen LogP contribution < -0.4 is 0 Å². The van der Waals surface area contributed by atoms with Crippen molar-refractivity contribution >= 4 is 0 Å². The lowest BCUT2D eigenvalue weighted by Gasteiger charge is -2.17. The van der Waals surface area contributed by atoms with E-state index in [4.69, 9.17) is 0 Å². The maximum atomic E-state index is 10.1. The highest BCUT2D eigenvalue weighted by Crippen LogP contribution is 2.07. The Morgan fingerprint density at radius 3 is 2.11 bits per heavy atom. The van der Waals surface area contributed by atoms with Crippen molar-refractivity contribution < 1.29 is 5.03 Å². The SMILES string of the molecule is O=[N+]([O-])N1CCCCC1. The van der Waals surface area contributed by atoms with Gasteiger partial charge in [-0.05, 0) is 19.3 Å². The summed E-state index contributed by atoms with van der Waals surface area (Å²) in [5, 5.41) is 11.1. The first kappa shape index (κ1) is 6.32. The number of nitrogens with zero attached hydrogens (tertiary/aromatic N) is 2. The fraction of sp³-hybridized carbons (Fsp3) is 1.00. The Hall–Kier alpha value is -0.800. The van der Waals surface area contributed by atoms with Crippen molar-refractivity contribution in [1.82, 2.24) is 5.01 Å². The minimum atomic E-state index is -0.306. The Morgan fingerprint density at radius 2 is 1.78 bits per heavy atom. The molecule has 1 heterocycles. The fourth-order valence-corrected chi connectivity index (χ4v) is 1.04. The lowest BCUT2D eigenvalue weighted by atomic mass is 10.2. The van der Waals surface area contributed by atoms with E-state index in [9.17, 15) is 10.1 Å². The van der Waals surface area contributed by atoms with Crippen LogP contribution in [0.5, 0.6) is 0 Å². The Morgan fingerprint density at radius 1 is 1.22 bits per heavy atom. The molecule has 0 aromatic heterocycles. The molecule has 4 heteroatoms. The van der Waals surface area contributed by atoms with Crippen molar-refractivity contribution in [2.24, 2.45) is 0 Å². The summed E-state index contributed by atoms with van der Waals surface area (Å²) in [5.74, 6) is 0. The molecule has 9 heavy (non-hydrogen) atoms. The number of nitro groups is 1. The van der Waals surface area contributed by atoms with Gasteiger partial charge in [0.15, 0.2) is 5.03 Å². The third-order valence-corrected chi connectivity index (χ3v) is 1.56. The third-order valence-electron chi connectivity index (χ3n) is 1.56. The van der Waals surface area contributed by atoms with Crippen molar-refractivity contribution in [2.75, 3.05) is 13.1 Å². The van der Waals surface area contributed by atoms with Crippen LogP contribution in [0, 0.1) is 10.1 Å². The van der Waals surface area contributed by atoms with E-state index in [0.717, 1.165) is 19.3 Å². The molecule has 0 spiro atoms. The van der Waals surface area contributed by atoms with E-state index in [2.05, 4.69) is 0 Å². The van der Waals surface area contributed by atoms with Crippen molar-refractivity contribution in [3.63, 3.8) is 0 Å². The molecule has 0 bridgehead atoms. The molecule has 1 saturated heterocycles. The standard InChI is InChI=1S/C5H10N2O2/c8-7(9)6-4-2-1-3-5-6/h1-5H2. The van der Waals surface area contributed by atoms with Gasteiger partial charge in [0.1, 0.15) is 0 Å². The van der Waals surface area contributed by atoms with Crippen LogP contribution in [0.2, 0.25) is 0 Å².